The molecule has 0 atom stereocenters. The molecule has 3 rings (SSSR count). The fourth-order valence-corrected chi connectivity index (χ4v) is 2.22. The van der Waals surface area contributed by atoms with Crippen LogP contribution in [0.15, 0.2) is 43.4 Å². The van der Waals surface area contributed by atoms with Gasteiger partial charge in [-0.15, -0.1) is 0 Å². The third-order valence-corrected chi connectivity index (χ3v) is 3.26. The number of rotatable bonds is 2. The minimum Gasteiger partial charge on any atom is -0.403 e. The first kappa shape index (κ1) is 12.9. The number of H-pyrrole nitrogens is 1. The van der Waals surface area contributed by atoms with Crippen LogP contribution in [0.5, 0.6) is 0 Å². The van der Waals surface area contributed by atoms with E-state index in [1.165, 1.54) is 6.20 Å². The topological polar surface area (TPSA) is 93.6 Å². The van der Waals surface area contributed by atoms with Gasteiger partial charge in [-0.05, 0) is 29.3 Å². The molecule has 0 fully saturated rings. The molecule has 0 bridgehead atoms. The molecule has 0 unspecified atom stereocenters. The minimum absolute atomic E-state index is 0.603. The monoisotopic (exact) mass is 277 g/mol. The summed E-state index contributed by atoms with van der Waals surface area (Å²) in [6, 6.07) is 5.70. The first-order chi connectivity index (χ1) is 10.2. The summed E-state index contributed by atoms with van der Waals surface area (Å²) >= 11 is 0. The van der Waals surface area contributed by atoms with Crippen molar-refractivity contribution in [1.29, 1.82) is 0 Å². The average Bonchev–Trinajstić information content (AvgIpc) is 2.85. The number of aromatic nitrogens is 3. The van der Waals surface area contributed by atoms with Gasteiger partial charge in [0, 0.05) is 29.2 Å². The molecule has 5 heteroatoms. The van der Waals surface area contributed by atoms with E-state index in [2.05, 4.69) is 21.5 Å². The molecule has 0 aliphatic heterocycles. The van der Waals surface area contributed by atoms with Crippen molar-refractivity contribution in [2.75, 3.05) is 5.73 Å². The second-order valence-corrected chi connectivity index (χ2v) is 4.70. The van der Waals surface area contributed by atoms with E-state index in [9.17, 15) is 0 Å². The summed E-state index contributed by atoms with van der Waals surface area (Å²) in [5, 5.41) is 2.62. The summed E-state index contributed by atoms with van der Waals surface area (Å²) in [6.45, 7) is 4.09. The zero-order valence-corrected chi connectivity index (χ0v) is 11.4. The third kappa shape index (κ3) is 2.36. The van der Waals surface area contributed by atoms with E-state index in [-0.39, 0.29) is 0 Å². The number of aromatic amines is 1. The van der Waals surface area contributed by atoms with E-state index in [4.69, 9.17) is 11.5 Å². The average molecular weight is 277 g/mol. The van der Waals surface area contributed by atoms with Crippen molar-refractivity contribution in [2.45, 2.75) is 0 Å². The molecule has 0 spiro atoms. The molecule has 0 radical (unpaired) electrons. The van der Waals surface area contributed by atoms with E-state index >= 15 is 0 Å². The van der Waals surface area contributed by atoms with Gasteiger partial charge in [-0.25, -0.2) is 4.98 Å². The Morgan fingerprint density at radius 1 is 1.33 bits per heavy atom. The molecule has 0 amide bonds. The van der Waals surface area contributed by atoms with Crippen molar-refractivity contribution in [1.82, 2.24) is 15.0 Å². The number of hydrogen-bond donors (Lipinski definition) is 3. The van der Waals surface area contributed by atoms with Crippen LogP contribution in [0.1, 0.15) is 5.56 Å². The predicted molar refractivity (Wildman–Crippen MR) is 86.1 cm³/mol. The molecule has 0 aliphatic carbocycles. The molecular weight excluding hydrogens is 262 g/mol. The summed E-state index contributed by atoms with van der Waals surface area (Å²) in [6.07, 6.45) is 8.58. The first-order valence-corrected chi connectivity index (χ1v) is 6.45. The Kier molecular flexibility index (Phi) is 3.16. The van der Waals surface area contributed by atoms with Gasteiger partial charge in [0.25, 0.3) is 0 Å². The summed E-state index contributed by atoms with van der Waals surface area (Å²) in [7, 11) is 0. The number of nitrogens with one attached hydrogen (secondary N) is 1. The van der Waals surface area contributed by atoms with Gasteiger partial charge in [-0.1, -0.05) is 12.6 Å². The van der Waals surface area contributed by atoms with Crippen molar-refractivity contribution in [3.63, 3.8) is 0 Å². The van der Waals surface area contributed by atoms with Crippen molar-refractivity contribution >= 4 is 34.6 Å². The number of hydrogen-bond acceptors (Lipinski definition) is 4. The molecular formula is C16H15N5. The van der Waals surface area contributed by atoms with Crippen molar-refractivity contribution in [3.8, 4) is 0 Å². The van der Waals surface area contributed by atoms with Crippen LogP contribution in [-0.2, 0) is 0 Å². The van der Waals surface area contributed by atoms with E-state index in [0.29, 0.717) is 5.69 Å². The normalized spacial score (nSPS) is 13.0. The highest BCUT2D eigenvalue weighted by Crippen LogP contribution is 2.13. The van der Waals surface area contributed by atoms with Crippen LogP contribution in [0.25, 0.3) is 28.9 Å². The second kappa shape index (κ2) is 5.13. The van der Waals surface area contributed by atoms with Gasteiger partial charge in [-0.2, -0.15) is 0 Å². The summed E-state index contributed by atoms with van der Waals surface area (Å²) in [5.41, 5.74) is 14.6. The third-order valence-electron chi connectivity index (χ3n) is 3.26. The van der Waals surface area contributed by atoms with Crippen LogP contribution in [0.3, 0.4) is 0 Å². The van der Waals surface area contributed by atoms with E-state index in [0.717, 1.165) is 32.7 Å². The zero-order valence-electron chi connectivity index (χ0n) is 11.4. The lowest BCUT2D eigenvalue weighted by molar-refractivity contribution is 1.28. The number of nitrogen functional groups attached to an aromatic ring is 1. The lowest BCUT2D eigenvalue weighted by Gasteiger charge is -1.98. The highest BCUT2D eigenvalue weighted by molar-refractivity contribution is 5.91. The molecule has 3 heterocycles. The molecule has 5 nitrogen and oxygen atoms in total. The fraction of sp³-hybridized carbons (Fsp3) is 0. The molecule has 0 aromatic carbocycles. The Labute approximate surface area is 121 Å². The quantitative estimate of drug-likeness (QED) is 0.643. The summed E-state index contributed by atoms with van der Waals surface area (Å²) in [5.74, 6) is 0. The number of anilines is 1. The van der Waals surface area contributed by atoms with Gasteiger partial charge in [-0.3, -0.25) is 4.98 Å². The Hall–Kier alpha value is -3.08. The van der Waals surface area contributed by atoms with E-state index < -0.39 is 0 Å². The minimum atomic E-state index is 0.603. The number of allylic oxidation sites excluding steroid dienone is 1. The first-order valence-electron chi connectivity index (χ1n) is 6.45. The highest BCUT2D eigenvalue weighted by Gasteiger charge is 2.03. The molecule has 3 aromatic heterocycles. The Morgan fingerprint density at radius 2 is 2.19 bits per heavy atom. The van der Waals surface area contributed by atoms with Crippen molar-refractivity contribution in [2.24, 2.45) is 5.73 Å². The van der Waals surface area contributed by atoms with Gasteiger partial charge in [0.05, 0.1) is 17.2 Å². The van der Waals surface area contributed by atoms with Crippen molar-refractivity contribution < 1.29 is 0 Å². The maximum atomic E-state index is 5.82. The molecule has 0 saturated heterocycles. The smallest absolute Gasteiger partial charge is 0.138 e. The number of nitrogens with two attached hydrogens (primary N) is 2. The maximum absolute atomic E-state index is 5.82. The molecule has 104 valence electrons. The summed E-state index contributed by atoms with van der Waals surface area (Å²) < 4.78 is 0. The number of nitrogens with zero attached hydrogens (tertiary/aromatic N) is 2. The summed E-state index contributed by atoms with van der Waals surface area (Å²) in [4.78, 5) is 11.5. The second-order valence-electron chi connectivity index (χ2n) is 4.70. The Balaban J connectivity index is 2.26. The van der Waals surface area contributed by atoms with Gasteiger partial charge in [0.2, 0.25) is 0 Å². The van der Waals surface area contributed by atoms with Crippen LogP contribution in [0.2, 0.25) is 0 Å². The Bertz CT molecular complexity index is 922. The van der Waals surface area contributed by atoms with E-state index in [1.54, 1.807) is 18.6 Å². The predicted octanol–water partition coefficient (Wildman–Crippen LogP) is 0.731. The van der Waals surface area contributed by atoms with Crippen LogP contribution >= 0.6 is 0 Å². The maximum Gasteiger partial charge on any atom is 0.138 e. The fourth-order valence-electron chi connectivity index (χ4n) is 2.22. The molecule has 0 aliphatic rings. The lowest BCUT2D eigenvalue weighted by Crippen LogP contribution is -2.24. The van der Waals surface area contributed by atoms with Crippen LogP contribution < -0.4 is 22.0 Å². The molecule has 0 saturated carbocycles. The number of fused-ring (bicyclic) bond motifs is 1. The number of pyridine rings is 2. The molecule has 3 aromatic rings. The van der Waals surface area contributed by atoms with Crippen molar-refractivity contribution in [3.05, 3.63) is 59.5 Å². The standard InChI is InChI=1S/C16H15N5/c1-10(11-3-2-4-19-8-11)5-13-14-6-12(18)9-20-16(14)21-15(13)7-17/h2-9H,1,17-18H2,(H,20,21)/b13-5-,15-7+. The highest BCUT2D eigenvalue weighted by atomic mass is 14.9. The van der Waals surface area contributed by atoms with Gasteiger partial charge >= 0.3 is 0 Å². The van der Waals surface area contributed by atoms with Crippen LogP contribution in [0, 0.1) is 0 Å². The molecule has 5 N–H and O–H groups in total. The zero-order chi connectivity index (χ0) is 14.8. The lowest BCUT2D eigenvalue weighted by atomic mass is 10.1. The molecule has 21 heavy (non-hydrogen) atoms. The van der Waals surface area contributed by atoms with E-state index in [1.807, 2.05) is 24.3 Å². The SMILES string of the molecule is C=C(/C=c1\c(=C/N)[nH]c2ncc(N)cc12)c1cccnc1. The Morgan fingerprint density at radius 3 is 2.90 bits per heavy atom. The van der Waals surface area contributed by atoms with Crippen LogP contribution in [0.4, 0.5) is 5.69 Å². The van der Waals surface area contributed by atoms with Crippen LogP contribution in [-0.4, -0.2) is 15.0 Å². The largest absolute Gasteiger partial charge is 0.403 e. The van der Waals surface area contributed by atoms with Gasteiger partial charge in [0.15, 0.2) is 0 Å². The van der Waals surface area contributed by atoms with Gasteiger partial charge < -0.3 is 16.5 Å². The van der Waals surface area contributed by atoms with Gasteiger partial charge in [0.1, 0.15) is 5.65 Å².